The first-order chi connectivity index (χ1) is 6.53. The second-order valence-corrected chi connectivity index (χ2v) is 4.90. The molecule has 1 fully saturated rings. The molecular weight excluding hydrogens is 194 g/mol. The van der Waals surface area contributed by atoms with Crippen molar-refractivity contribution in [1.29, 1.82) is 0 Å². The Morgan fingerprint density at radius 1 is 1.50 bits per heavy atom. The van der Waals surface area contributed by atoms with Crippen LogP contribution in [0.25, 0.3) is 0 Å². The van der Waals surface area contributed by atoms with Crippen LogP contribution in [0, 0.1) is 0 Å². The quantitative estimate of drug-likeness (QED) is 0.571. The van der Waals surface area contributed by atoms with E-state index in [9.17, 15) is 0 Å². The minimum atomic E-state index is -0.00747. The molecule has 0 aromatic rings. The Hall–Kier alpha value is 0.01000. The Bertz CT molecular complexity index is 203. The molecule has 0 N–H and O–H groups in total. The van der Waals surface area contributed by atoms with Gasteiger partial charge in [-0.1, -0.05) is 12.2 Å². The van der Waals surface area contributed by atoms with Gasteiger partial charge in [-0.2, -0.15) is 12.6 Å². The number of ether oxygens (including phenoxy) is 1. The van der Waals surface area contributed by atoms with Gasteiger partial charge < -0.3 is 4.74 Å². The van der Waals surface area contributed by atoms with Crippen molar-refractivity contribution in [2.45, 2.75) is 32.5 Å². The topological polar surface area (TPSA) is 12.5 Å². The maximum Gasteiger partial charge on any atom is 0.0757 e. The van der Waals surface area contributed by atoms with E-state index in [1.165, 1.54) is 0 Å². The molecule has 1 aliphatic rings. The zero-order valence-corrected chi connectivity index (χ0v) is 10.3. The van der Waals surface area contributed by atoms with E-state index in [-0.39, 0.29) is 5.60 Å². The number of hydrogen-bond donors (Lipinski definition) is 1. The molecule has 1 unspecified atom stereocenters. The second-order valence-electron chi connectivity index (χ2n) is 4.54. The van der Waals surface area contributed by atoms with E-state index in [0.717, 1.165) is 25.4 Å². The third-order valence-electron chi connectivity index (χ3n) is 2.28. The van der Waals surface area contributed by atoms with Crippen molar-refractivity contribution in [2.75, 3.05) is 25.4 Å². The highest BCUT2D eigenvalue weighted by Crippen LogP contribution is 2.20. The van der Waals surface area contributed by atoms with Gasteiger partial charge in [0.2, 0.25) is 0 Å². The van der Waals surface area contributed by atoms with Crippen LogP contribution in [0.1, 0.15) is 20.8 Å². The van der Waals surface area contributed by atoms with Crippen LogP contribution in [0.15, 0.2) is 12.2 Å². The Morgan fingerprint density at radius 3 is 2.79 bits per heavy atom. The highest BCUT2D eigenvalue weighted by atomic mass is 32.1. The maximum atomic E-state index is 5.83. The smallest absolute Gasteiger partial charge is 0.0757 e. The second kappa shape index (κ2) is 5.19. The van der Waals surface area contributed by atoms with E-state index in [1.807, 2.05) is 0 Å². The average molecular weight is 215 g/mol. The normalized spacial score (nSPS) is 28.4. The van der Waals surface area contributed by atoms with Gasteiger partial charge in [0.1, 0.15) is 0 Å². The van der Waals surface area contributed by atoms with E-state index in [2.05, 4.69) is 50.5 Å². The SMILES string of the molecule is CC1CN(CC=CCS)CC(C)(C)O1. The van der Waals surface area contributed by atoms with Crippen molar-refractivity contribution in [3.63, 3.8) is 0 Å². The lowest BCUT2D eigenvalue weighted by molar-refractivity contribution is -0.126. The molecule has 0 bridgehead atoms. The standard InChI is InChI=1S/C11H21NOS/c1-10-8-12(6-4-5-7-14)9-11(2,3)13-10/h4-5,10,14H,6-9H2,1-3H3. The van der Waals surface area contributed by atoms with Crippen molar-refractivity contribution in [3.8, 4) is 0 Å². The van der Waals surface area contributed by atoms with Crippen molar-refractivity contribution < 1.29 is 4.74 Å². The highest BCUT2D eigenvalue weighted by molar-refractivity contribution is 7.80. The van der Waals surface area contributed by atoms with Crippen LogP contribution in [-0.4, -0.2) is 42.0 Å². The lowest BCUT2D eigenvalue weighted by Crippen LogP contribution is -2.51. The summed E-state index contributed by atoms with van der Waals surface area (Å²) in [5, 5.41) is 0. The molecule has 1 aliphatic heterocycles. The molecule has 2 nitrogen and oxygen atoms in total. The fraction of sp³-hybridized carbons (Fsp3) is 0.818. The van der Waals surface area contributed by atoms with E-state index in [4.69, 9.17) is 4.74 Å². The van der Waals surface area contributed by atoms with Crippen LogP contribution in [0.3, 0.4) is 0 Å². The summed E-state index contributed by atoms with van der Waals surface area (Å²) >= 11 is 4.14. The number of hydrogen-bond acceptors (Lipinski definition) is 3. The van der Waals surface area contributed by atoms with Gasteiger partial charge in [0.25, 0.3) is 0 Å². The predicted molar refractivity (Wildman–Crippen MR) is 64.1 cm³/mol. The molecule has 14 heavy (non-hydrogen) atoms. The summed E-state index contributed by atoms with van der Waals surface area (Å²) in [5.41, 5.74) is -0.00747. The molecule has 3 heteroatoms. The Kier molecular flexibility index (Phi) is 4.48. The van der Waals surface area contributed by atoms with Crippen LogP contribution in [0.2, 0.25) is 0 Å². The summed E-state index contributed by atoms with van der Waals surface area (Å²) in [5.74, 6) is 0.823. The summed E-state index contributed by atoms with van der Waals surface area (Å²) in [6.07, 6.45) is 4.61. The third-order valence-corrected chi connectivity index (χ3v) is 2.49. The van der Waals surface area contributed by atoms with Gasteiger partial charge in [0.15, 0.2) is 0 Å². The monoisotopic (exact) mass is 215 g/mol. The molecule has 0 amide bonds. The van der Waals surface area contributed by atoms with E-state index >= 15 is 0 Å². The molecule has 0 radical (unpaired) electrons. The number of morpholine rings is 1. The first kappa shape index (κ1) is 12.1. The molecule has 82 valence electrons. The molecular formula is C11H21NOS. The van der Waals surface area contributed by atoms with Gasteiger partial charge in [-0.15, -0.1) is 0 Å². The minimum Gasteiger partial charge on any atom is -0.370 e. The van der Waals surface area contributed by atoms with Crippen molar-refractivity contribution in [2.24, 2.45) is 0 Å². The molecule has 0 spiro atoms. The van der Waals surface area contributed by atoms with Gasteiger partial charge in [-0.25, -0.2) is 0 Å². The van der Waals surface area contributed by atoms with Gasteiger partial charge in [-0.3, -0.25) is 4.90 Å². The van der Waals surface area contributed by atoms with Gasteiger partial charge in [0.05, 0.1) is 11.7 Å². The lowest BCUT2D eigenvalue weighted by Gasteiger charge is -2.41. The van der Waals surface area contributed by atoms with Gasteiger partial charge in [-0.05, 0) is 20.8 Å². The van der Waals surface area contributed by atoms with Crippen LogP contribution < -0.4 is 0 Å². The van der Waals surface area contributed by atoms with E-state index in [0.29, 0.717) is 6.10 Å². The number of thiol groups is 1. The van der Waals surface area contributed by atoms with Crippen LogP contribution >= 0.6 is 12.6 Å². The van der Waals surface area contributed by atoms with Crippen LogP contribution in [-0.2, 0) is 4.74 Å². The molecule has 1 heterocycles. The first-order valence-electron chi connectivity index (χ1n) is 5.19. The zero-order valence-electron chi connectivity index (χ0n) is 9.36. The summed E-state index contributed by atoms with van der Waals surface area (Å²) < 4.78 is 5.83. The van der Waals surface area contributed by atoms with Crippen molar-refractivity contribution in [3.05, 3.63) is 12.2 Å². The van der Waals surface area contributed by atoms with Gasteiger partial charge in [0, 0.05) is 25.4 Å². The van der Waals surface area contributed by atoms with E-state index < -0.39 is 0 Å². The molecule has 0 aliphatic carbocycles. The highest BCUT2D eigenvalue weighted by Gasteiger charge is 2.30. The predicted octanol–water partition coefficient (Wildman–Crippen LogP) is 1.97. The number of rotatable bonds is 3. The number of nitrogens with zero attached hydrogens (tertiary/aromatic N) is 1. The molecule has 0 aromatic carbocycles. The zero-order chi connectivity index (χ0) is 10.6. The first-order valence-corrected chi connectivity index (χ1v) is 5.83. The van der Waals surface area contributed by atoms with Crippen LogP contribution in [0.4, 0.5) is 0 Å². The van der Waals surface area contributed by atoms with E-state index in [1.54, 1.807) is 0 Å². The van der Waals surface area contributed by atoms with Crippen molar-refractivity contribution >= 4 is 12.6 Å². The Labute approximate surface area is 92.7 Å². The summed E-state index contributed by atoms with van der Waals surface area (Å²) in [6, 6.07) is 0. The fourth-order valence-corrected chi connectivity index (χ4v) is 2.17. The van der Waals surface area contributed by atoms with Crippen molar-refractivity contribution in [1.82, 2.24) is 4.90 Å². The summed E-state index contributed by atoms with van der Waals surface area (Å²) in [7, 11) is 0. The Morgan fingerprint density at radius 2 is 2.21 bits per heavy atom. The molecule has 0 saturated carbocycles. The third kappa shape index (κ3) is 4.03. The summed E-state index contributed by atoms with van der Waals surface area (Å²) in [4.78, 5) is 2.42. The molecule has 1 atom stereocenters. The molecule has 1 saturated heterocycles. The Balaban J connectivity index is 2.42. The maximum absolute atomic E-state index is 5.83. The van der Waals surface area contributed by atoms with Crippen LogP contribution in [0.5, 0.6) is 0 Å². The lowest BCUT2D eigenvalue weighted by atomic mass is 10.1. The summed E-state index contributed by atoms with van der Waals surface area (Å²) in [6.45, 7) is 9.48. The minimum absolute atomic E-state index is 0.00747. The molecule has 0 aromatic heterocycles. The van der Waals surface area contributed by atoms with Gasteiger partial charge >= 0.3 is 0 Å². The average Bonchev–Trinajstić information content (AvgIpc) is 2.00. The fourth-order valence-electron chi connectivity index (χ4n) is 2.02. The molecule has 1 rings (SSSR count). The largest absolute Gasteiger partial charge is 0.370 e.